The van der Waals surface area contributed by atoms with Crippen molar-refractivity contribution >= 4 is 11.7 Å². The van der Waals surface area contributed by atoms with Crippen LogP contribution in [0.2, 0.25) is 0 Å². The molecular weight excluding hydrogens is 232 g/mol. The summed E-state index contributed by atoms with van der Waals surface area (Å²) in [5.41, 5.74) is 0.741. The summed E-state index contributed by atoms with van der Waals surface area (Å²) in [6.07, 6.45) is 1.50. The molecule has 0 bridgehead atoms. The van der Waals surface area contributed by atoms with Crippen molar-refractivity contribution in [2.45, 2.75) is 13.8 Å². The number of aromatic nitrogens is 1. The van der Waals surface area contributed by atoms with Gasteiger partial charge in [-0.1, -0.05) is 13.8 Å². The van der Waals surface area contributed by atoms with E-state index in [2.05, 4.69) is 18.8 Å². The summed E-state index contributed by atoms with van der Waals surface area (Å²) in [7, 11) is 1.63. The first-order valence-corrected chi connectivity index (χ1v) is 5.98. The Hall–Kier alpha value is -1.62. The molecule has 0 spiro atoms. The molecule has 18 heavy (non-hydrogen) atoms. The molecule has 0 saturated carbocycles. The normalized spacial score (nSPS) is 10.7. The van der Waals surface area contributed by atoms with Crippen molar-refractivity contribution < 1.29 is 14.6 Å². The maximum Gasteiger partial charge on any atom is 0.356 e. The Kier molecular flexibility index (Phi) is 5.58. The summed E-state index contributed by atoms with van der Waals surface area (Å²) in [6.45, 7) is 6.17. The summed E-state index contributed by atoms with van der Waals surface area (Å²) in [5.74, 6) is -0.569. The summed E-state index contributed by atoms with van der Waals surface area (Å²) < 4.78 is 5.07. The lowest BCUT2D eigenvalue weighted by molar-refractivity contribution is 0.0691. The van der Waals surface area contributed by atoms with Gasteiger partial charge in [0.15, 0.2) is 5.69 Å². The quantitative estimate of drug-likeness (QED) is 0.803. The molecule has 0 aliphatic rings. The van der Waals surface area contributed by atoms with Gasteiger partial charge >= 0.3 is 5.97 Å². The third kappa shape index (κ3) is 4.00. The van der Waals surface area contributed by atoms with Gasteiger partial charge in [-0.3, -0.25) is 0 Å². The number of hydrogen-bond donors (Lipinski definition) is 1. The van der Waals surface area contributed by atoms with E-state index in [0.29, 0.717) is 24.8 Å². The van der Waals surface area contributed by atoms with Gasteiger partial charge in [0, 0.05) is 26.4 Å². The van der Waals surface area contributed by atoms with Gasteiger partial charge in [0.25, 0.3) is 0 Å². The fourth-order valence-corrected chi connectivity index (χ4v) is 1.77. The standard InChI is InChI=1S/C13H20N2O3/c1-10(2)9-15(7-8-18-3)11-5-4-6-14-12(11)13(16)17/h4-6,10H,7-9H2,1-3H3,(H,16,17). The van der Waals surface area contributed by atoms with Gasteiger partial charge in [-0.15, -0.1) is 0 Å². The smallest absolute Gasteiger partial charge is 0.356 e. The minimum absolute atomic E-state index is 0.0919. The topological polar surface area (TPSA) is 62.7 Å². The van der Waals surface area contributed by atoms with Crippen LogP contribution in [0.5, 0.6) is 0 Å². The number of ether oxygens (including phenoxy) is 1. The lowest BCUT2D eigenvalue weighted by atomic mass is 10.1. The zero-order valence-electron chi connectivity index (χ0n) is 11.1. The number of hydrogen-bond acceptors (Lipinski definition) is 4. The Balaban J connectivity index is 2.99. The molecule has 0 atom stereocenters. The maximum atomic E-state index is 11.2. The van der Waals surface area contributed by atoms with Gasteiger partial charge in [-0.2, -0.15) is 0 Å². The molecule has 1 heterocycles. The van der Waals surface area contributed by atoms with Crippen molar-refractivity contribution in [3.63, 3.8) is 0 Å². The molecule has 1 aromatic heterocycles. The fraction of sp³-hybridized carbons (Fsp3) is 0.538. The number of rotatable bonds is 7. The van der Waals surface area contributed by atoms with Crippen LogP contribution >= 0.6 is 0 Å². The van der Waals surface area contributed by atoms with Gasteiger partial charge < -0.3 is 14.7 Å². The number of nitrogens with zero attached hydrogens (tertiary/aromatic N) is 2. The van der Waals surface area contributed by atoms with E-state index in [1.165, 1.54) is 6.20 Å². The summed E-state index contributed by atoms with van der Waals surface area (Å²) >= 11 is 0. The van der Waals surface area contributed by atoms with Gasteiger partial charge in [0.1, 0.15) is 0 Å². The van der Waals surface area contributed by atoms with E-state index in [1.807, 2.05) is 4.90 Å². The van der Waals surface area contributed by atoms with Crippen LogP contribution in [0.3, 0.4) is 0 Å². The van der Waals surface area contributed by atoms with E-state index in [1.54, 1.807) is 19.2 Å². The molecule has 5 heteroatoms. The number of carbonyl (C=O) groups is 1. The van der Waals surface area contributed by atoms with E-state index in [0.717, 1.165) is 6.54 Å². The number of pyridine rings is 1. The molecule has 0 amide bonds. The number of carboxylic acid groups (broad SMARTS) is 1. The highest BCUT2D eigenvalue weighted by Gasteiger charge is 2.17. The van der Waals surface area contributed by atoms with Crippen molar-refractivity contribution in [3.8, 4) is 0 Å². The van der Waals surface area contributed by atoms with Crippen molar-refractivity contribution in [2.24, 2.45) is 5.92 Å². The highest BCUT2D eigenvalue weighted by atomic mass is 16.5. The van der Waals surface area contributed by atoms with Crippen molar-refractivity contribution in [1.82, 2.24) is 4.98 Å². The second-order valence-corrected chi connectivity index (χ2v) is 4.51. The van der Waals surface area contributed by atoms with E-state index in [-0.39, 0.29) is 5.69 Å². The van der Waals surface area contributed by atoms with Crippen molar-refractivity contribution in [2.75, 3.05) is 31.7 Å². The number of methoxy groups -OCH3 is 1. The molecule has 0 radical (unpaired) electrons. The van der Waals surface area contributed by atoms with Crippen LogP contribution in [-0.4, -0.2) is 42.9 Å². The Morgan fingerprint density at radius 2 is 2.28 bits per heavy atom. The van der Waals surface area contributed by atoms with Crippen molar-refractivity contribution in [3.05, 3.63) is 24.0 Å². The largest absolute Gasteiger partial charge is 0.476 e. The Bertz CT molecular complexity index is 394. The number of carboxylic acids is 1. The SMILES string of the molecule is COCCN(CC(C)C)c1cccnc1C(=O)O. The third-order valence-corrected chi connectivity index (χ3v) is 2.48. The zero-order valence-corrected chi connectivity index (χ0v) is 11.1. The molecule has 0 saturated heterocycles. The monoisotopic (exact) mass is 252 g/mol. The molecule has 1 aromatic rings. The minimum Gasteiger partial charge on any atom is -0.476 e. The lowest BCUT2D eigenvalue weighted by Crippen LogP contribution is -2.32. The van der Waals surface area contributed by atoms with Crippen LogP contribution in [-0.2, 0) is 4.74 Å². The van der Waals surface area contributed by atoms with Crippen LogP contribution in [0.25, 0.3) is 0 Å². The zero-order chi connectivity index (χ0) is 13.5. The third-order valence-electron chi connectivity index (χ3n) is 2.48. The van der Waals surface area contributed by atoms with Crippen molar-refractivity contribution in [1.29, 1.82) is 0 Å². The molecule has 0 fully saturated rings. The molecule has 0 aliphatic carbocycles. The predicted octanol–water partition coefficient (Wildman–Crippen LogP) is 1.89. The van der Waals surface area contributed by atoms with Crippen LogP contribution < -0.4 is 4.90 Å². The second kappa shape index (κ2) is 6.96. The lowest BCUT2D eigenvalue weighted by Gasteiger charge is -2.27. The molecule has 100 valence electrons. The summed E-state index contributed by atoms with van der Waals surface area (Å²) in [5, 5.41) is 9.15. The average molecular weight is 252 g/mol. The Morgan fingerprint density at radius 1 is 1.56 bits per heavy atom. The van der Waals surface area contributed by atoms with Crippen LogP contribution in [0.15, 0.2) is 18.3 Å². The van der Waals surface area contributed by atoms with E-state index >= 15 is 0 Å². The number of aromatic carboxylic acids is 1. The second-order valence-electron chi connectivity index (χ2n) is 4.51. The minimum atomic E-state index is -1.00. The highest BCUT2D eigenvalue weighted by Crippen LogP contribution is 2.19. The van der Waals surface area contributed by atoms with E-state index in [9.17, 15) is 4.79 Å². The molecular formula is C13H20N2O3. The van der Waals surface area contributed by atoms with Gasteiger partial charge in [0.05, 0.1) is 12.3 Å². The first-order chi connectivity index (χ1) is 8.56. The highest BCUT2D eigenvalue weighted by molar-refractivity contribution is 5.92. The fourth-order valence-electron chi connectivity index (χ4n) is 1.77. The first-order valence-electron chi connectivity index (χ1n) is 5.98. The maximum absolute atomic E-state index is 11.2. The van der Waals surface area contributed by atoms with Crippen LogP contribution in [0, 0.1) is 5.92 Å². The molecule has 0 aliphatic heterocycles. The van der Waals surface area contributed by atoms with Gasteiger partial charge in [0.2, 0.25) is 0 Å². The molecule has 1 rings (SSSR count). The van der Waals surface area contributed by atoms with Crippen LogP contribution in [0.4, 0.5) is 5.69 Å². The molecule has 0 aromatic carbocycles. The van der Waals surface area contributed by atoms with E-state index < -0.39 is 5.97 Å². The Labute approximate surface area is 107 Å². The van der Waals surface area contributed by atoms with Crippen LogP contribution in [0.1, 0.15) is 24.3 Å². The van der Waals surface area contributed by atoms with E-state index in [4.69, 9.17) is 9.84 Å². The van der Waals surface area contributed by atoms with Gasteiger partial charge in [-0.25, -0.2) is 9.78 Å². The average Bonchev–Trinajstić information content (AvgIpc) is 2.34. The summed E-state index contributed by atoms with van der Waals surface area (Å²) in [4.78, 5) is 17.1. The summed E-state index contributed by atoms with van der Waals surface area (Å²) in [6, 6.07) is 3.54. The first kappa shape index (κ1) is 14.4. The number of anilines is 1. The Morgan fingerprint density at radius 3 is 2.83 bits per heavy atom. The van der Waals surface area contributed by atoms with Gasteiger partial charge in [-0.05, 0) is 18.1 Å². The molecule has 0 unspecified atom stereocenters. The predicted molar refractivity (Wildman–Crippen MR) is 70.1 cm³/mol. The molecule has 5 nitrogen and oxygen atoms in total. The molecule has 1 N–H and O–H groups in total.